The highest BCUT2D eigenvalue weighted by molar-refractivity contribution is 6.23. The Balaban J connectivity index is 1.28. The lowest BCUT2D eigenvalue weighted by molar-refractivity contribution is -0.125. The maximum absolute atomic E-state index is 13.9. The summed E-state index contributed by atoms with van der Waals surface area (Å²) < 4.78 is 10.5. The Labute approximate surface area is 218 Å². The lowest BCUT2D eigenvalue weighted by Crippen LogP contribution is -2.49. The highest BCUT2D eigenvalue weighted by Gasteiger charge is 2.59. The lowest BCUT2D eigenvalue weighted by Gasteiger charge is -2.35. The molecule has 0 aliphatic carbocycles. The molecule has 6 rings (SSSR count). The Kier molecular flexibility index (Phi) is 5.37. The first-order valence-corrected chi connectivity index (χ1v) is 12.3. The van der Waals surface area contributed by atoms with Crippen molar-refractivity contribution in [2.75, 3.05) is 31.0 Å². The fourth-order valence-corrected chi connectivity index (χ4v) is 5.41. The van der Waals surface area contributed by atoms with Gasteiger partial charge in [0, 0.05) is 28.7 Å². The Morgan fingerprint density at radius 3 is 2.32 bits per heavy atom. The van der Waals surface area contributed by atoms with Crippen LogP contribution in [0.2, 0.25) is 0 Å². The number of imide groups is 1. The van der Waals surface area contributed by atoms with Gasteiger partial charge in [0.1, 0.15) is 11.5 Å². The SMILES string of the molecule is COc1ccc(NC(=O)c2ccc(N3C(=O)N4CCc5c([nH]c6ccc(OC)cc56)C4(C)C3=O)cc2)cc1. The smallest absolute Gasteiger partial charge is 0.332 e. The molecule has 0 spiro atoms. The number of urea groups is 1. The van der Waals surface area contributed by atoms with Gasteiger partial charge in [0.15, 0.2) is 5.54 Å². The number of H-pyrrole nitrogens is 1. The second kappa shape index (κ2) is 8.65. The molecule has 0 radical (unpaired) electrons. The van der Waals surface area contributed by atoms with Gasteiger partial charge in [0.05, 0.1) is 25.6 Å². The Morgan fingerprint density at radius 2 is 1.63 bits per heavy atom. The highest BCUT2D eigenvalue weighted by Crippen LogP contribution is 2.45. The van der Waals surface area contributed by atoms with Crippen LogP contribution >= 0.6 is 0 Å². The molecule has 38 heavy (non-hydrogen) atoms. The van der Waals surface area contributed by atoms with E-state index >= 15 is 0 Å². The van der Waals surface area contributed by atoms with Gasteiger partial charge < -0.3 is 24.7 Å². The van der Waals surface area contributed by atoms with Crippen LogP contribution < -0.4 is 19.7 Å². The van der Waals surface area contributed by atoms with E-state index in [2.05, 4.69) is 10.3 Å². The van der Waals surface area contributed by atoms with Crippen molar-refractivity contribution in [2.45, 2.75) is 18.9 Å². The average Bonchev–Trinajstić information content (AvgIpc) is 3.41. The van der Waals surface area contributed by atoms with Gasteiger partial charge in [0.2, 0.25) is 0 Å². The van der Waals surface area contributed by atoms with E-state index < -0.39 is 5.54 Å². The van der Waals surface area contributed by atoms with Crippen molar-refractivity contribution < 1.29 is 23.9 Å². The summed E-state index contributed by atoms with van der Waals surface area (Å²) in [4.78, 5) is 46.3. The van der Waals surface area contributed by atoms with Gasteiger partial charge in [-0.3, -0.25) is 9.59 Å². The molecule has 2 N–H and O–H groups in total. The number of aromatic amines is 1. The van der Waals surface area contributed by atoms with Crippen LogP contribution in [-0.4, -0.2) is 48.5 Å². The summed E-state index contributed by atoms with van der Waals surface area (Å²) in [7, 11) is 3.20. The van der Waals surface area contributed by atoms with Gasteiger partial charge >= 0.3 is 6.03 Å². The maximum atomic E-state index is 13.9. The minimum absolute atomic E-state index is 0.302. The molecule has 1 fully saturated rings. The van der Waals surface area contributed by atoms with Crippen molar-refractivity contribution in [1.82, 2.24) is 9.88 Å². The Hall–Kier alpha value is -4.79. The number of aromatic nitrogens is 1. The summed E-state index contributed by atoms with van der Waals surface area (Å²) >= 11 is 0. The first-order valence-electron chi connectivity index (χ1n) is 12.3. The molecule has 9 heteroatoms. The van der Waals surface area contributed by atoms with Crippen LogP contribution in [0.5, 0.6) is 11.5 Å². The standard InChI is InChI=1S/C29H26N4O5/c1-29-25-22(23-16-21(38-3)12-13-24(23)31-25)14-15-32(29)28(36)33(27(29)35)19-8-4-17(5-9-19)26(34)30-18-6-10-20(37-2)11-7-18/h4-13,16,31H,14-15H2,1-3H3,(H,30,34). The van der Waals surface area contributed by atoms with Crippen molar-refractivity contribution in [3.63, 3.8) is 0 Å². The van der Waals surface area contributed by atoms with E-state index in [1.807, 2.05) is 18.2 Å². The summed E-state index contributed by atoms with van der Waals surface area (Å²) in [6.07, 6.45) is 0.620. The Bertz CT molecular complexity index is 1590. The number of hydrogen-bond donors (Lipinski definition) is 2. The van der Waals surface area contributed by atoms with E-state index in [0.29, 0.717) is 35.7 Å². The average molecular weight is 511 g/mol. The normalized spacial score (nSPS) is 18.4. The molecule has 0 saturated carbocycles. The number of fused-ring (bicyclic) bond motifs is 5. The van der Waals surface area contributed by atoms with Crippen LogP contribution in [0.4, 0.5) is 16.2 Å². The monoisotopic (exact) mass is 510 g/mol. The third-order valence-electron chi connectivity index (χ3n) is 7.50. The first-order chi connectivity index (χ1) is 18.3. The number of anilines is 2. The molecular formula is C29H26N4O5. The molecule has 1 unspecified atom stereocenters. The van der Waals surface area contributed by atoms with E-state index in [1.54, 1.807) is 74.6 Å². The number of hydrogen-bond acceptors (Lipinski definition) is 5. The third kappa shape index (κ3) is 3.42. The van der Waals surface area contributed by atoms with Crippen LogP contribution in [0.15, 0.2) is 66.7 Å². The second-order valence-electron chi connectivity index (χ2n) is 9.52. The quantitative estimate of drug-likeness (QED) is 0.380. The predicted octanol–water partition coefficient (Wildman–Crippen LogP) is 4.68. The van der Waals surface area contributed by atoms with Crippen molar-refractivity contribution in [3.8, 4) is 11.5 Å². The minimum Gasteiger partial charge on any atom is -0.497 e. The topological polar surface area (TPSA) is 104 Å². The van der Waals surface area contributed by atoms with Crippen molar-refractivity contribution in [3.05, 3.63) is 83.6 Å². The summed E-state index contributed by atoms with van der Waals surface area (Å²) in [5, 5.41) is 3.82. The second-order valence-corrected chi connectivity index (χ2v) is 9.52. The van der Waals surface area contributed by atoms with Gasteiger partial charge in [-0.25, -0.2) is 9.69 Å². The number of nitrogens with one attached hydrogen (secondary N) is 2. The Morgan fingerprint density at radius 1 is 0.947 bits per heavy atom. The van der Waals surface area contributed by atoms with E-state index in [-0.39, 0.29) is 17.8 Å². The molecule has 3 aromatic carbocycles. The molecule has 9 nitrogen and oxygen atoms in total. The van der Waals surface area contributed by atoms with Gasteiger partial charge in [-0.05, 0) is 85.6 Å². The van der Waals surface area contributed by atoms with Crippen LogP contribution in [0.25, 0.3) is 10.9 Å². The third-order valence-corrected chi connectivity index (χ3v) is 7.50. The van der Waals surface area contributed by atoms with E-state index in [0.717, 1.165) is 27.9 Å². The minimum atomic E-state index is -1.17. The zero-order valence-corrected chi connectivity index (χ0v) is 21.2. The van der Waals surface area contributed by atoms with Gasteiger partial charge in [-0.2, -0.15) is 0 Å². The lowest BCUT2D eigenvalue weighted by atomic mass is 9.87. The number of methoxy groups -OCH3 is 2. The predicted molar refractivity (Wildman–Crippen MR) is 143 cm³/mol. The number of carbonyl (C=O) groups excluding carboxylic acids is 3. The molecule has 4 amide bonds. The van der Waals surface area contributed by atoms with Crippen LogP contribution in [-0.2, 0) is 16.8 Å². The molecular weight excluding hydrogens is 484 g/mol. The van der Waals surface area contributed by atoms with E-state index in [9.17, 15) is 14.4 Å². The number of carbonyl (C=O) groups is 3. The summed E-state index contributed by atoms with van der Waals surface area (Å²) in [6, 6.07) is 18.8. The molecule has 4 aromatic rings. The van der Waals surface area contributed by atoms with Crippen LogP contribution in [0, 0.1) is 0 Å². The van der Waals surface area contributed by atoms with Gasteiger partial charge in [0.25, 0.3) is 11.8 Å². The van der Waals surface area contributed by atoms with Crippen LogP contribution in [0.3, 0.4) is 0 Å². The summed E-state index contributed by atoms with van der Waals surface area (Å²) in [5.41, 5.74) is 2.91. The molecule has 192 valence electrons. The number of benzene rings is 3. The molecule has 1 aromatic heterocycles. The fraction of sp³-hybridized carbons (Fsp3) is 0.207. The highest BCUT2D eigenvalue weighted by atomic mass is 16.5. The molecule has 2 aliphatic heterocycles. The largest absolute Gasteiger partial charge is 0.497 e. The molecule has 1 saturated heterocycles. The number of rotatable bonds is 5. The molecule has 2 aliphatic rings. The first kappa shape index (κ1) is 23.6. The molecule has 3 heterocycles. The maximum Gasteiger partial charge on any atom is 0.332 e. The molecule has 0 bridgehead atoms. The summed E-state index contributed by atoms with van der Waals surface area (Å²) in [5.74, 6) is 0.788. The van der Waals surface area contributed by atoms with E-state index in [1.165, 1.54) is 4.90 Å². The molecule has 1 atom stereocenters. The van der Waals surface area contributed by atoms with E-state index in [4.69, 9.17) is 9.47 Å². The number of nitrogens with zero attached hydrogens (tertiary/aromatic N) is 2. The van der Waals surface area contributed by atoms with Crippen molar-refractivity contribution >= 4 is 40.1 Å². The van der Waals surface area contributed by atoms with Crippen molar-refractivity contribution in [2.24, 2.45) is 0 Å². The summed E-state index contributed by atoms with van der Waals surface area (Å²) in [6.45, 7) is 2.20. The van der Waals surface area contributed by atoms with Crippen LogP contribution in [0.1, 0.15) is 28.5 Å². The van der Waals surface area contributed by atoms with Gasteiger partial charge in [-0.15, -0.1) is 0 Å². The fourth-order valence-electron chi connectivity index (χ4n) is 5.41. The zero-order chi connectivity index (χ0) is 26.6. The number of ether oxygens (including phenoxy) is 2. The van der Waals surface area contributed by atoms with Crippen molar-refractivity contribution in [1.29, 1.82) is 0 Å². The van der Waals surface area contributed by atoms with Gasteiger partial charge in [-0.1, -0.05) is 0 Å². The zero-order valence-electron chi connectivity index (χ0n) is 21.2. The number of amides is 4.